The van der Waals surface area contributed by atoms with E-state index >= 15 is 0 Å². The molecular weight excluding hydrogens is 246 g/mol. The zero-order valence-electron chi connectivity index (χ0n) is 13.0. The van der Waals surface area contributed by atoms with Gasteiger partial charge in [0.25, 0.3) is 0 Å². The van der Waals surface area contributed by atoms with Gasteiger partial charge in [0.1, 0.15) is 5.75 Å². The fourth-order valence-corrected chi connectivity index (χ4v) is 2.68. The zero-order chi connectivity index (χ0) is 14.2. The van der Waals surface area contributed by atoms with Crippen molar-refractivity contribution in [1.29, 1.82) is 0 Å². The summed E-state index contributed by atoms with van der Waals surface area (Å²) < 4.78 is 5.75. The van der Waals surface area contributed by atoms with Crippen LogP contribution in [0.15, 0.2) is 24.3 Å². The first-order chi connectivity index (χ1) is 9.74. The van der Waals surface area contributed by atoms with Gasteiger partial charge in [-0.25, -0.2) is 0 Å². The summed E-state index contributed by atoms with van der Waals surface area (Å²) >= 11 is 0. The van der Waals surface area contributed by atoms with Crippen molar-refractivity contribution in [2.24, 2.45) is 5.92 Å². The third-order valence-corrected chi connectivity index (χ3v) is 4.09. The summed E-state index contributed by atoms with van der Waals surface area (Å²) in [5, 5.41) is 3.67. The minimum absolute atomic E-state index is 0.703. The van der Waals surface area contributed by atoms with Gasteiger partial charge >= 0.3 is 0 Å². The van der Waals surface area contributed by atoms with E-state index in [0.717, 1.165) is 31.4 Å². The first-order valence-electron chi connectivity index (χ1n) is 8.19. The molecule has 0 amide bonds. The van der Waals surface area contributed by atoms with Crippen molar-refractivity contribution in [3.8, 4) is 5.75 Å². The Kier molecular flexibility index (Phi) is 6.38. The molecule has 112 valence electrons. The Bertz CT molecular complexity index is 366. The topological polar surface area (TPSA) is 21.3 Å². The molecule has 0 radical (unpaired) electrons. The number of ether oxygens (including phenoxy) is 1. The van der Waals surface area contributed by atoms with E-state index in [4.69, 9.17) is 4.74 Å². The molecule has 0 aliphatic heterocycles. The summed E-state index contributed by atoms with van der Waals surface area (Å²) in [4.78, 5) is 0. The third kappa shape index (κ3) is 5.54. The predicted octanol–water partition coefficient (Wildman–Crippen LogP) is 4.53. The number of nitrogens with one attached hydrogen (secondary N) is 1. The largest absolute Gasteiger partial charge is 0.494 e. The predicted molar refractivity (Wildman–Crippen MR) is 85.1 cm³/mol. The highest BCUT2D eigenvalue weighted by Gasteiger charge is 2.12. The van der Waals surface area contributed by atoms with Crippen molar-refractivity contribution in [1.82, 2.24) is 5.32 Å². The average Bonchev–Trinajstić information content (AvgIpc) is 2.47. The second-order valence-electron chi connectivity index (χ2n) is 6.39. The highest BCUT2D eigenvalue weighted by atomic mass is 16.5. The van der Waals surface area contributed by atoms with Crippen LogP contribution in [0.4, 0.5) is 0 Å². The van der Waals surface area contributed by atoms with Crippen molar-refractivity contribution in [3.63, 3.8) is 0 Å². The fourth-order valence-electron chi connectivity index (χ4n) is 2.68. The van der Waals surface area contributed by atoms with Gasteiger partial charge in [-0.2, -0.15) is 0 Å². The molecule has 1 aliphatic rings. The summed E-state index contributed by atoms with van der Waals surface area (Å²) in [7, 11) is 0. The van der Waals surface area contributed by atoms with E-state index in [1.165, 1.54) is 37.7 Å². The van der Waals surface area contributed by atoms with Gasteiger partial charge in [-0.15, -0.1) is 0 Å². The van der Waals surface area contributed by atoms with Crippen molar-refractivity contribution < 1.29 is 4.74 Å². The Morgan fingerprint density at radius 3 is 2.45 bits per heavy atom. The normalized spacial score (nSPS) is 16.6. The maximum absolute atomic E-state index is 5.75. The highest BCUT2D eigenvalue weighted by molar-refractivity contribution is 5.27. The van der Waals surface area contributed by atoms with Crippen LogP contribution in [0.3, 0.4) is 0 Å². The van der Waals surface area contributed by atoms with E-state index in [1.807, 2.05) is 0 Å². The fraction of sp³-hybridized carbons (Fsp3) is 0.667. The quantitative estimate of drug-likeness (QED) is 0.789. The summed E-state index contributed by atoms with van der Waals surface area (Å²) in [6, 6.07) is 9.28. The molecule has 2 nitrogen and oxygen atoms in total. The van der Waals surface area contributed by atoms with Gasteiger partial charge in [0.15, 0.2) is 0 Å². The van der Waals surface area contributed by atoms with Gasteiger partial charge in [-0.3, -0.25) is 0 Å². The van der Waals surface area contributed by atoms with Gasteiger partial charge in [0, 0.05) is 12.6 Å². The first kappa shape index (κ1) is 15.4. The molecule has 2 rings (SSSR count). The van der Waals surface area contributed by atoms with E-state index in [2.05, 4.69) is 43.4 Å². The van der Waals surface area contributed by atoms with E-state index in [-0.39, 0.29) is 0 Å². The van der Waals surface area contributed by atoms with E-state index in [9.17, 15) is 0 Å². The van der Waals surface area contributed by atoms with Crippen LogP contribution >= 0.6 is 0 Å². The number of rotatable bonds is 7. The molecule has 1 aromatic rings. The van der Waals surface area contributed by atoms with Gasteiger partial charge < -0.3 is 10.1 Å². The molecular formula is C18H29NO. The molecule has 0 unspecified atom stereocenters. The van der Waals surface area contributed by atoms with E-state index in [0.29, 0.717) is 5.92 Å². The maximum Gasteiger partial charge on any atom is 0.119 e. The van der Waals surface area contributed by atoms with Gasteiger partial charge in [0.05, 0.1) is 6.61 Å². The molecule has 0 bridgehead atoms. The second-order valence-corrected chi connectivity index (χ2v) is 6.39. The Hall–Kier alpha value is -1.02. The lowest BCUT2D eigenvalue weighted by molar-refractivity contribution is 0.289. The molecule has 0 aromatic heterocycles. The Morgan fingerprint density at radius 2 is 1.80 bits per heavy atom. The summed E-state index contributed by atoms with van der Waals surface area (Å²) in [5.74, 6) is 1.70. The minimum atomic E-state index is 0.703. The molecule has 1 aliphatic carbocycles. The van der Waals surface area contributed by atoms with E-state index < -0.39 is 0 Å². The Morgan fingerprint density at radius 1 is 1.10 bits per heavy atom. The lowest BCUT2D eigenvalue weighted by atomic mass is 9.95. The molecule has 0 heterocycles. The zero-order valence-corrected chi connectivity index (χ0v) is 13.0. The summed E-state index contributed by atoms with van der Waals surface area (Å²) in [6.07, 6.45) is 8.00. The standard InChI is InChI=1S/C18H29NO/c1-15(2)12-13-20-18-10-8-16(9-11-18)14-19-17-6-4-3-5-7-17/h8-11,15,17,19H,3-7,12-14H2,1-2H3. The molecule has 1 fully saturated rings. The van der Waals surface area contributed by atoms with Crippen LogP contribution in [0.1, 0.15) is 57.9 Å². The molecule has 0 spiro atoms. The molecule has 0 saturated heterocycles. The van der Waals surface area contributed by atoms with Crippen molar-refractivity contribution in [2.45, 2.75) is 65.0 Å². The lowest BCUT2D eigenvalue weighted by Crippen LogP contribution is -2.30. The van der Waals surface area contributed by atoms with Crippen LogP contribution in [0, 0.1) is 5.92 Å². The van der Waals surface area contributed by atoms with Crippen LogP contribution in [0.2, 0.25) is 0 Å². The van der Waals surface area contributed by atoms with Crippen molar-refractivity contribution in [2.75, 3.05) is 6.61 Å². The minimum Gasteiger partial charge on any atom is -0.494 e. The van der Waals surface area contributed by atoms with Crippen molar-refractivity contribution in [3.05, 3.63) is 29.8 Å². The van der Waals surface area contributed by atoms with E-state index in [1.54, 1.807) is 0 Å². The second kappa shape index (κ2) is 8.31. The van der Waals surface area contributed by atoms with Crippen LogP contribution in [-0.4, -0.2) is 12.6 Å². The molecule has 2 heteroatoms. The SMILES string of the molecule is CC(C)CCOc1ccc(CNC2CCCCC2)cc1. The molecule has 1 aromatic carbocycles. The summed E-state index contributed by atoms with van der Waals surface area (Å²) in [5.41, 5.74) is 1.35. The Balaban J connectivity index is 1.70. The number of benzene rings is 1. The average molecular weight is 275 g/mol. The van der Waals surface area contributed by atoms with Crippen molar-refractivity contribution >= 4 is 0 Å². The van der Waals surface area contributed by atoms with Crippen LogP contribution in [0.25, 0.3) is 0 Å². The number of hydrogen-bond donors (Lipinski definition) is 1. The molecule has 20 heavy (non-hydrogen) atoms. The lowest BCUT2D eigenvalue weighted by Gasteiger charge is -2.22. The molecule has 1 N–H and O–H groups in total. The third-order valence-electron chi connectivity index (χ3n) is 4.09. The smallest absolute Gasteiger partial charge is 0.119 e. The Labute approximate surface area is 123 Å². The maximum atomic E-state index is 5.75. The summed E-state index contributed by atoms with van der Waals surface area (Å²) in [6.45, 7) is 6.25. The highest BCUT2D eigenvalue weighted by Crippen LogP contribution is 2.18. The van der Waals surface area contributed by atoms with Gasteiger partial charge in [0.2, 0.25) is 0 Å². The van der Waals surface area contributed by atoms with Crippen LogP contribution < -0.4 is 10.1 Å². The first-order valence-corrected chi connectivity index (χ1v) is 8.19. The van der Waals surface area contributed by atoms with Crippen LogP contribution in [-0.2, 0) is 6.54 Å². The van der Waals surface area contributed by atoms with Crippen LogP contribution in [0.5, 0.6) is 5.75 Å². The number of hydrogen-bond acceptors (Lipinski definition) is 2. The molecule has 0 atom stereocenters. The van der Waals surface area contributed by atoms with Gasteiger partial charge in [-0.05, 0) is 42.9 Å². The molecule has 1 saturated carbocycles. The monoisotopic (exact) mass is 275 g/mol. The van der Waals surface area contributed by atoms with Gasteiger partial charge in [-0.1, -0.05) is 45.2 Å².